The third-order valence-corrected chi connectivity index (χ3v) is 2.84. The van der Waals surface area contributed by atoms with Crippen molar-refractivity contribution in [3.8, 4) is 11.8 Å². The van der Waals surface area contributed by atoms with Crippen LogP contribution in [0.25, 0.3) is 0 Å². The maximum absolute atomic E-state index is 5.77. The van der Waals surface area contributed by atoms with Gasteiger partial charge in [0.05, 0.1) is 19.3 Å². The summed E-state index contributed by atoms with van der Waals surface area (Å²) in [5, 5.41) is 3.46. The molecule has 0 aromatic carbocycles. The fraction of sp³-hybridized carbons (Fsp3) is 0.867. The highest BCUT2D eigenvalue weighted by Gasteiger charge is 2.19. The lowest BCUT2D eigenvalue weighted by atomic mass is 10.2. The van der Waals surface area contributed by atoms with Crippen molar-refractivity contribution in [1.82, 2.24) is 10.2 Å². The van der Waals surface area contributed by atoms with Crippen LogP contribution < -0.4 is 5.32 Å². The molecule has 3 nitrogen and oxygen atoms in total. The van der Waals surface area contributed by atoms with E-state index < -0.39 is 0 Å². The summed E-state index contributed by atoms with van der Waals surface area (Å²) in [6.07, 6.45) is 0.318. The van der Waals surface area contributed by atoms with Crippen LogP contribution in [0.2, 0.25) is 0 Å². The molecule has 0 bridgehead atoms. The molecular formula is C15H30N2O. The zero-order valence-corrected chi connectivity index (χ0v) is 12.3. The van der Waals surface area contributed by atoms with E-state index in [9.17, 15) is 0 Å². The highest BCUT2D eigenvalue weighted by atomic mass is 16.5. The highest BCUT2D eigenvalue weighted by Crippen LogP contribution is 2.04. The van der Waals surface area contributed by atoms with Gasteiger partial charge in [-0.25, -0.2) is 0 Å². The standard InChI is InChI=1S/C15H28N2O.H2/c1-13(2)6-5-7-17-8-9-18-15(12-17)11-16-10-14(3)4;/h13-16H,7-12H2,1-4H3;1H/t15-;/m1./s1. The molecule has 0 unspecified atom stereocenters. The van der Waals surface area contributed by atoms with E-state index in [1.807, 2.05) is 0 Å². The number of rotatable bonds is 5. The van der Waals surface area contributed by atoms with E-state index in [1.165, 1.54) is 0 Å². The van der Waals surface area contributed by atoms with Crippen molar-refractivity contribution in [2.24, 2.45) is 11.8 Å². The number of ether oxygens (including phenoxy) is 1. The number of hydrogen-bond donors (Lipinski definition) is 1. The first-order chi connectivity index (χ1) is 8.58. The lowest BCUT2D eigenvalue weighted by molar-refractivity contribution is -0.0226. The Kier molecular flexibility index (Phi) is 7.34. The maximum atomic E-state index is 5.77. The molecule has 1 rings (SSSR count). The zero-order valence-electron chi connectivity index (χ0n) is 12.3. The predicted octanol–water partition coefficient (Wildman–Crippen LogP) is 1.84. The minimum atomic E-state index is 0. The molecule has 106 valence electrons. The van der Waals surface area contributed by atoms with Crippen molar-refractivity contribution in [3.63, 3.8) is 0 Å². The molecule has 0 saturated carbocycles. The van der Waals surface area contributed by atoms with E-state index in [0.717, 1.165) is 39.3 Å². The van der Waals surface area contributed by atoms with Gasteiger partial charge >= 0.3 is 0 Å². The van der Waals surface area contributed by atoms with Crippen LogP contribution >= 0.6 is 0 Å². The summed E-state index contributed by atoms with van der Waals surface area (Å²) in [6, 6.07) is 0. The largest absolute Gasteiger partial charge is 0.374 e. The Morgan fingerprint density at radius 3 is 2.83 bits per heavy atom. The van der Waals surface area contributed by atoms with E-state index in [4.69, 9.17) is 4.74 Å². The van der Waals surface area contributed by atoms with E-state index in [-0.39, 0.29) is 1.43 Å². The van der Waals surface area contributed by atoms with Gasteiger partial charge in [0.1, 0.15) is 0 Å². The number of nitrogens with one attached hydrogen (secondary N) is 1. The molecule has 3 heteroatoms. The monoisotopic (exact) mass is 254 g/mol. The van der Waals surface area contributed by atoms with Gasteiger partial charge in [0.15, 0.2) is 0 Å². The molecule has 1 N–H and O–H groups in total. The number of morpholine rings is 1. The predicted molar refractivity (Wildman–Crippen MR) is 78.6 cm³/mol. The summed E-state index contributed by atoms with van der Waals surface area (Å²) in [7, 11) is 0. The molecule has 0 aromatic heterocycles. The normalized spacial score (nSPS) is 21.1. The Bertz CT molecular complexity index is 284. The molecule has 18 heavy (non-hydrogen) atoms. The minimum absolute atomic E-state index is 0. The van der Waals surface area contributed by atoms with Gasteiger partial charge in [-0.1, -0.05) is 39.5 Å². The molecule has 0 radical (unpaired) electrons. The molecule has 1 fully saturated rings. The fourth-order valence-electron chi connectivity index (χ4n) is 1.94. The number of nitrogens with zero attached hydrogens (tertiary/aromatic N) is 1. The molecule has 0 aromatic rings. The van der Waals surface area contributed by atoms with Crippen molar-refractivity contribution in [2.45, 2.75) is 33.8 Å². The van der Waals surface area contributed by atoms with Crippen LogP contribution in [0.1, 0.15) is 29.1 Å². The van der Waals surface area contributed by atoms with Crippen LogP contribution in [-0.2, 0) is 4.74 Å². The van der Waals surface area contributed by atoms with E-state index >= 15 is 0 Å². The molecule has 0 spiro atoms. The first-order valence-corrected chi connectivity index (χ1v) is 7.11. The summed E-state index contributed by atoms with van der Waals surface area (Å²) in [6.45, 7) is 14.4. The van der Waals surface area contributed by atoms with Crippen LogP contribution in [0.4, 0.5) is 0 Å². The van der Waals surface area contributed by atoms with Crippen molar-refractivity contribution in [3.05, 3.63) is 0 Å². The molecule has 1 aliphatic heterocycles. The van der Waals surface area contributed by atoms with Gasteiger partial charge in [0.2, 0.25) is 0 Å². The third-order valence-electron chi connectivity index (χ3n) is 2.84. The van der Waals surface area contributed by atoms with Gasteiger partial charge in [-0.15, -0.1) is 0 Å². The van der Waals surface area contributed by atoms with E-state index in [2.05, 4.69) is 49.8 Å². The highest BCUT2D eigenvalue weighted by molar-refractivity contribution is 5.03. The fourth-order valence-corrected chi connectivity index (χ4v) is 1.94. The molecule has 1 aliphatic rings. The summed E-state index contributed by atoms with van der Waals surface area (Å²) in [5.41, 5.74) is 0. The van der Waals surface area contributed by atoms with Crippen LogP contribution in [0.5, 0.6) is 0 Å². The average molecular weight is 254 g/mol. The molecule has 0 aliphatic carbocycles. The Morgan fingerprint density at radius 1 is 1.39 bits per heavy atom. The molecule has 1 atom stereocenters. The summed E-state index contributed by atoms with van der Waals surface area (Å²) >= 11 is 0. The Balaban J connectivity index is 0.00000324. The lowest BCUT2D eigenvalue weighted by Gasteiger charge is -2.32. The smallest absolute Gasteiger partial charge is 0.0827 e. The van der Waals surface area contributed by atoms with Gasteiger partial charge in [0, 0.05) is 27.0 Å². The topological polar surface area (TPSA) is 24.5 Å². The van der Waals surface area contributed by atoms with Crippen molar-refractivity contribution in [1.29, 1.82) is 0 Å². The first kappa shape index (κ1) is 15.5. The van der Waals surface area contributed by atoms with Gasteiger partial charge in [0.25, 0.3) is 0 Å². The Morgan fingerprint density at radius 2 is 2.17 bits per heavy atom. The van der Waals surface area contributed by atoms with Crippen LogP contribution in [0.15, 0.2) is 0 Å². The molecule has 0 amide bonds. The second-order valence-corrected chi connectivity index (χ2v) is 5.76. The van der Waals surface area contributed by atoms with E-state index in [0.29, 0.717) is 17.9 Å². The van der Waals surface area contributed by atoms with Crippen LogP contribution in [0.3, 0.4) is 0 Å². The van der Waals surface area contributed by atoms with Crippen LogP contribution in [0, 0.1) is 23.7 Å². The second kappa shape index (κ2) is 8.53. The summed E-state index contributed by atoms with van der Waals surface area (Å²) in [4.78, 5) is 2.39. The van der Waals surface area contributed by atoms with Gasteiger partial charge in [-0.2, -0.15) is 0 Å². The molecule has 1 heterocycles. The zero-order chi connectivity index (χ0) is 13.4. The van der Waals surface area contributed by atoms with Gasteiger partial charge < -0.3 is 10.1 Å². The van der Waals surface area contributed by atoms with Gasteiger partial charge in [-0.3, -0.25) is 4.90 Å². The molecule has 1 saturated heterocycles. The lowest BCUT2D eigenvalue weighted by Crippen LogP contribution is -2.47. The van der Waals surface area contributed by atoms with Gasteiger partial charge in [-0.05, 0) is 12.5 Å². The second-order valence-electron chi connectivity index (χ2n) is 5.76. The third kappa shape index (κ3) is 7.00. The average Bonchev–Trinajstić information content (AvgIpc) is 2.28. The van der Waals surface area contributed by atoms with Crippen LogP contribution in [-0.4, -0.2) is 50.3 Å². The van der Waals surface area contributed by atoms with E-state index in [1.54, 1.807) is 0 Å². The van der Waals surface area contributed by atoms with Crippen molar-refractivity contribution in [2.75, 3.05) is 39.3 Å². The summed E-state index contributed by atoms with van der Waals surface area (Å²) < 4.78 is 5.77. The minimum Gasteiger partial charge on any atom is -0.374 e. The van der Waals surface area contributed by atoms with Crippen molar-refractivity contribution >= 4 is 0 Å². The SMILES string of the molecule is CC(C)C#CCN1CCO[C@H](CNCC(C)C)C1.[HH]. The Hall–Kier alpha value is -0.560. The Labute approximate surface area is 114 Å². The number of hydrogen-bond acceptors (Lipinski definition) is 3. The first-order valence-electron chi connectivity index (χ1n) is 7.11. The quantitative estimate of drug-likeness (QED) is 0.758. The van der Waals surface area contributed by atoms with Crippen molar-refractivity contribution < 1.29 is 6.16 Å². The summed E-state index contributed by atoms with van der Waals surface area (Å²) in [5.74, 6) is 7.63. The maximum Gasteiger partial charge on any atom is 0.0827 e. The molecular weight excluding hydrogens is 224 g/mol.